The van der Waals surface area contributed by atoms with Crippen LogP contribution in [0.2, 0.25) is 0 Å². The predicted octanol–water partition coefficient (Wildman–Crippen LogP) is 5.67. The summed E-state index contributed by atoms with van der Waals surface area (Å²) in [4.78, 5) is 28.3. The molecular formula is C30H25NO3. The zero-order chi connectivity index (χ0) is 23.7. The van der Waals surface area contributed by atoms with E-state index in [-0.39, 0.29) is 12.2 Å². The third kappa shape index (κ3) is 3.82. The number of hydrogen-bond acceptors (Lipinski definition) is 3. The molecule has 1 atom stereocenters. The summed E-state index contributed by atoms with van der Waals surface area (Å²) in [6, 6.07) is 32.2. The number of Topliss-reactive ketones (excluding diaryl/α,β-unsaturated/α-hetero) is 1. The summed E-state index contributed by atoms with van der Waals surface area (Å²) in [5.74, 6) is -0.741. The molecule has 4 aromatic rings. The van der Waals surface area contributed by atoms with Gasteiger partial charge in [0, 0.05) is 11.1 Å². The average Bonchev–Trinajstić information content (AvgIpc) is 3.08. The largest absolute Gasteiger partial charge is 0.375 e. The zero-order valence-corrected chi connectivity index (χ0v) is 18.9. The van der Waals surface area contributed by atoms with Crippen LogP contribution in [0.5, 0.6) is 0 Å². The molecule has 0 unspecified atom stereocenters. The second-order valence-corrected chi connectivity index (χ2v) is 8.74. The molecule has 0 saturated carbocycles. The van der Waals surface area contributed by atoms with Gasteiger partial charge in [0.05, 0.1) is 18.7 Å². The molecule has 4 heteroatoms. The Morgan fingerprint density at radius 3 is 2.15 bits per heavy atom. The van der Waals surface area contributed by atoms with Crippen molar-refractivity contribution in [1.82, 2.24) is 0 Å². The minimum absolute atomic E-state index is 0.275. The first-order valence-corrected chi connectivity index (χ1v) is 11.3. The maximum Gasteiger partial charge on any atom is 0.264 e. The molecule has 168 valence electrons. The number of carbonyl (C=O) groups excluding carboxylic acids is 2. The molecule has 34 heavy (non-hydrogen) atoms. The van der Waals surface area contributed by atoms with Crippen LogP contribution in [0.3, 0.4) is 0 Å². The lowest BCUT2D eigenvalue weighted by atomic mass is 9.88. The fourth-order valence-electron chi connectivity index (χ4n) is 4.61. The van der Waals surface area contributed by atoms with Gasteiger partial charge >= 0.3 is 0 Å². The van der Waals surface area contributed by atoms with Crippen molar-refractivity contribution in [2.45, 2.75) is 25.5 Å². The van der Waals surface area contributed by atoms with Gasteiger partial charge in [0.15, 0.2) is 11.4 Å². The highest BCUT2D eigenvalue weighted by Crippen LogP contribution is 2.43. The number of anilines is 1. The minimum Gasteiger partial charge on any atom is -0.375 e. The predicted molar refractivity (Wildman–Crippen MR) is 134 cm³/mol. The number of amides is 1. The number of benzene rings is 4. The summed E-state index contributed by atoms with van der Waals surface area (Å²) >= 11 is 0. The van der Waals surface area contributed by atoms with E-state index in [1.807, 2.05) is 85.8 Å². The minimum atomic E-state index is -1.89. The molecule has 0 saturated heterocycles. The van der Waals surface area contributed by atoms with Gasteiger partial charge in [0.25, 0.3) is 5.91 Å². The van der Waals surface area contributed by atoms with E-state index >= 15 is 0 Å². The Balaban J connectivity index is 1.42. The molecule has 0 fully saturated rings. The van der Waals surface area contributed by atoms with Crippen molar-refractivity contribution in [2.75, 3.05) is 4.90 Å². The molecule has 1 amide bonds. The lowest BCUT2D eigenvalue weighted by Gasteiger charge is -2.23. The molecule has 0 aliphatic carbocycles. The van der Waals surface area contributed by atoms with Gasteiger partial charge in [0.2, 0.25) is 0 Å². The molecule has 1 N–H and O–H groups in total. The highest BCUT2D eigenvalue weighted by molar-refractivity contribution is 6.10. The van der Waals surface area contributed by atoms with Crippen LogP contribution in [-0.2, 0) is 16.9 Å². The maximum absolute atomic E-state index is 13.5. The average molecular weight is 448 g/mol. The van der Waals surface area contributed by atoms with Gasteiger partial charge in [-0.3, -0.25) is 9.59 Å². The summed E-state index contributed by atoms with van der Waals surface area (Å²) < 4.78 is 0. The lowest BCUT2D eigenvalue weighted by molar-refractivity contribution is -0.136. The van der Waals surface area contributed by atoms with Crippen LogP contribution in [0, 0.1) is 6.92 Å². The smallest absolute Gasteiger partial charge is 0.264 e. The number of ketones is 1. The van der Waals surface area contributed by atoms with E-state index in [1.54, 1.807) is 29.2 Å². The van der Waals surface area contributed by atoms with Gasteiger partial charge in [-0.15, -0.1) is 0 Å². The molecule has 0 bridgehead atoms. The Hall–Kier alpha value is -4.02. The number of para-hydroxylation sites is 1. The third-order valence-electron chi connectivity index (χ3n) is 6.56. The number of aryl methyl sites for hydroxylation is 1. The van der Waals surface area contributed by atoms with Crippen molar-refractivity contribution < 1.29 is 14.7 Å². The lowest BCUT2D eigenvalue weighted by Crippen LogP contribution is -2.41. The molecule has 0 aromatic heterocycles. The van der Waals surface area contributed by atoms with Gasteiger partial charge in [-0.2, -0.15) is 0 Å². The van der Waals surface area contributed by atoms with Gasteiger partial charge in [-0.25, -0.2) is 0 Å². The van der Waals surface area contributed by atoms with E-state index < -0.39 is 11.5 Å². The van der Waals surface area contributed by atoms with E-state index in [1.165, 1.54) is 0 Å². The van der Waals surface area contributed by atoms with E-state index in [2.05, 4.69) is 0 Å². The number of nitrogens with zero attached hydrogens (tertiary/aromatic N) is 1. The third-order valence-corrected chi connectivity index (χ3v) is 6.56. The Morgan fingerprint density at radius 2 is 1.41 bits per heavy atom. The molecule has 5 rings (SSSR count). The van der Waals surface area contributed by atoms with Gasteiger partial charge in [0.1, 0.15) is 0 Å². The van der Waals surface area contributed by atoms with Crippen LogP contribution >= 0.6 is 0 Å². The summed E-state index contributed by atoms with van der Waals surface area (Å²) in [7, 11) is 0. The van der Waals surface area contributed by atoms with Gasteiger partial charge in [-0.1, -0.05) is 97.1 Å². The summed E-state index contributed by atoms with van der Waals surface area (Å²) in [5, 5.41) is 11.6. The van der Waals surface area contributed by atoms with Crippen LogP contribution in [0.4, 0.5) is 5.69 Å². The summed E-state index contributed by atoms with van der Waals surface area (Å²) in [6.45, 7) is 2.33. The van der Waals surface area contributed by atoms with Crippen molar-refractivity contribution >= 4 is 17.4 Å². The molecule has 1 aliphatic heterocycles. The second kappa shape index (κ2) is 8.73. The van der Waals surface area contributed by atoms with Crippen LogP contribution in [0.1, 0.15) is 33.5 Å². The van der Waals surface area contributed by atoms with Crippen molar-refractivity contribution in [3.8, 4) is 11.1 Å². The van der Waals surface area contributed by atoms with E-state index in [9.17, 15) is 14.7 Å². The van der Waals surface area contributed by atoms with Gasteiger partial charge in [-0.05, 0) is 35.2 Å². The SMILES string of the molecule is Cc1ccccc1CN1C(=O)[C@@](O)(CC(=O)c2ccc(-c3ccccc3)cc2)c2ccccc21. The van der Waals surface area contributed by atoms with Crippen LogP contribution in [-0.4, -0.2) is 16.8 Å². The topological polar surface area (TPSA) is 57.6 Å². The maximum atomic E-state index is 13.5. The number of rotatable bonds is 6. The quantitative estimate of drug-likeness (QED) is 0.388. The van der Waals surface area contributed by atoms with Crippen LogP contribution < -0.4 is 4.90 Å². The highest BCUT2D eigenvalue weighted by atomic mass is 16.3. The molecule has 4 aromatic carbocycles. The van der Waals surface area contributed by atoms with E-state index in [0.29, 0.717) is 23.4 Å². The van der Waals surface area contributed by atoms with Crippen molar-refractivity contribution in [1.29, 1.82) is 0 Å². The molecule has 1 heterocycles. The molecule has 0 radical (unpaired) electrons. The van der Waals surface area contributed by atoms with E-state index in [0.717, 1.165) is 22.3 Å². The Morgan fingerprint density at radius 1 is 0.794 bits per heavy atom. The number of carbonyl (C=O) groups is 2. The fraction of sp³-hybridized carbons (Fsp3) is 0.133. The van der Waals surface area contributed by atoms with Crippen LogP contribution in [0.15, 0.2) is 103 Å². The molecule has 4 nitrogen and oxygen atoms in total. The first-order chi connectivity index (χ1) is 16.5. The summed E-state index contributed by atoms with van der Waals surface area (Å²) in [6.07, 6.45) is -0.308. The van der Waals surface area contributed by atoms with E-state index in [4.69, 9.17) is 0 Å². The number of fused-ring (bicyclic) bond motifs is 1. The Bertz CT molecular complexity index is 1360. The van der Waals surface area contributed by atoms with Crippen molar-refractivity contribution in [3.63, 3.8) is 0 Å². The fourth-order valence-corrected chi connectivity index (χ4v) is 4.61. The van der Waals surface area contributed by atoms with Gasteiger partial charge < -0.3 is 10.0 Å². The monoisotopic (exact) mass is 447 g/mol. The number of aliphatic hydroxyl groups is 1. The van der Waals surface area contributed by atoms with Crippen molar-refractivity contribution in [3.05, 3.63) is 125 Å². The molecule has 1 aliphatic rings. The molecular weight excluding hydrogens is 422 g/mol. The molecule has 0 spiro atoms. The zero-order valence-electron chi connectivity index (χ0n) is 18.9. The number of hydrogen-bond donors (Lipinski definition) is 1. The van der Waals surface area contributed by atoms with Crippen LogP contribution in [0.25, 0.3) is 11.1 Å². The first kappa shape index (κ1) is 21.8. The highest BCUT2D eigenvalue weighted by Gasteiger charge is 2.50. The summed E-state index contributed by atoms with van der Waals surface area (Å²) in [5.41, 5.74) is 3.82. The standard InChI is InChI=1S/C30H25NO3/c1-21-9-5-6-12-25(21)20-31-27-14-8-7-13-26(27)30(34,29(31)33)19-28(32)24-17-15-23(16-18-24)22-10-3-2-4-11-22/h2-18,34H,19-20H2,1H3/t30-/m1/s1. The Labute approximate surface area is 199 Å². The normalized spacial score (nSPS) is 17.0. The first-order valence-electron chi connectivity index (χ1n) is 11.3. The Kier molecular flexibility index (Phi) is 5.60. The van der Waals surface area contributed by atoms with Crippen molar-refractivity contribution in [2.24, 2.45) is 0 Å². The second-order valence-electron chi connectivity index (χ2n) is 8.74.